The molecule has 7 nitrogen and oxygen atoms in total. The number of nitrogens with one attached hydrogen (secondary N) is 1. The van der Waals surface area contributed by atoms with Gasteiger partial charge in [-0.25, -0.2) is 9.37 Å². The van der Waals surface area contributed by atoms with Crippen molar-refractivity contribution in [3.8, 4) is 11.1 Å². The third-order valence-corrected chi connectivity index (χ3v) is 8.08. The van der Waals surface area contributed by atoms with Gasteiger partial charge in [-0.15, -0.1) is 0 Å². The van der Waals surface area contributed by atoms with E-state index in [4.69, 9.17) is 0 Å². The Balaban J connectivity index is 1.28. The molecule has 0 bridgehead atoms. The summed E-state index contributed by atoms with van der Waals surface area (Å²) in [5, 5.41) is 12.2. The highest BCUT2D eigenvalue weighted by atomic mass is 19.1. The van der Waals surface area contributed by atoms with Crippen molar-refractivity contribution in [1.29, 1.82) is 0 Å². The van der Waals surface area contributed by atoms with Crippen LogP contribution in [-0.4, -0.2) is 65.6 Å². The van der Waals surface area contributed by atoms with Crippen molar-refractivity contribution in [3.63, 3.8) is 0 Å². The molecular formula is C27H33FN4O3. The molecule has 1 aliphatic carbocycles. The molecule has 1 aromatic heterocycles. The summed E-state index contributed by atoms with van der Waals surface area (Å²) in [6, 6.07) is 9.49. The first-order valence-electron chi connectivity index (χ1n) is 12.6. The van der Waals surface area contributed by atoms with Gasteiger partial charge >= 0.3 is 0 Å². The first-order valence-corrected chi connectivity index (χ1v) is 12.6. The summed E-state index contributed by atoms with van der Waals surface area (Å²) in [4.78, 5) is 33.7. The third kappa shape index (κ3) is 4.51. The van der Waals surface area contributed by atoms with Crippen LogP contribution >= 0.6 is 0 Å². The number of likely N-dealkylation sites (tertiary alicyclic amines) is 1. The van der Waals surface area contributed by atoms with E-state index in [0.29, 0.717) is 12.1 Å². The van der Waals surface area contributed by atoms with Crippen molar-refractivity contribution in [2.24, 2.45) is 5.41 Å². The maximum atomic E-state index is 14.4. The molecule has 8 heteroatoms. The number of carbonyl (C=O) groups is 2. The van der Waals surface area contributed by atoms with E-state index in [0.717, 1.165) is 69.3 Å². The summed E-state index contributed by atoms with van der Waals surface area (Å²) in [7, 11) is 1.44. The molecule has 3 heterocycles. The number of carbonyl (C=O) groups excluding carboxylic acids is 2. The van der Waals surface area contributed by atoms with Gasteiger partial charge in [0.1, 0.15) is 0 Å². The molecule has 1 saturated carbocycles. The smallest absolute Gasteiger partial charge is 0.272 e. The number of benzene rings is 1. The Morgan fingerprint density at radius 2 is 1.86 bits per heavy atom. The average molecular weight is 481 g/mol. The molecule has 186 valence electrons. The second-order valence-corrected chi connectivity index (χ2v) is 10.2. The summed E-state index contributed by atoms with van der Waals surface area (Å²) in [5.41, 5.74) is 1.94. The second-order valence-electron chi connectivity index (χ2n) is 10.2. The first kappa shape index (κ1) is 23.7. The fraction of sp³-hybridized carbons (Fsp3) is 0.519. The predicted octanol–water partition coefficient (Wildman–Crippen LogP) is 3.37. The highest BCUT2D eigenvalue weighted by Crippen LogP contribution is 2.43. The molecule has 1 atom stereocenters. The molecule has 2 amide bonds. The lowest BCUT2D eigenvalue weighted by Gasteiger charge is -2.41. The Morgan fingerprint density at radius 1 is 1.11 bits per heavy atom. The molecule has 2 N–H and O–H groups in total. The Labute approximate surface area is 205 Å². The summed E-state index contributed by atoms with van der Waals surface area (Å²) >= 11 is 0. The molecule has 2 aliphatic heterocycles. The summed E-state index contributed by atoms with van der Waals surface area (Å²) < 4.78 is 14.4. The maximum Gasteiger partial charge on any atom is 0.272 e. The van der Waals surface area contributed by atoms with Gasteiger partial charge in [0.25, 0.3) is 5.91 Å². The molecule has 5 rings (SSSR count). The van der Waals surface area contributed by atoms with Gasteiger partial charge in [-0.05, 0) is 68.7 Å². The van der Waals surface area contributed by atoms with Crippen molar-refractivity contribution in [3.05, 3.63) is 48.0 Å². The largest absolute Gasteiger partial charge is 0.393 e. The van der Waals surface area contributed by atoms with Gasteiger partial charge in [-0.2, -0.15) is 0 Å². The number of pyridine rings is 1. The zero-order valence-electron chi connectivity index (χ0n) is 20.2. The zero-order chi connectivity index (χ0) is 24.6. The fourth-order valence-electron chi connectivity index (χ4n) is 6.04. The molecule has 1 spiro atoms. The Hall–Kier alpha value is -3.00. The average Bonchev–Trinajstić information content (AvgIpc) is 3.19. The van der Waals surface area contributed by atoms with Gasteiger partial charge in [0, 0.05) is 50.2 Å². The van der Waals surface area contributed by atoms with Crippen LogP contribution in [0.25, 0.3) is 11.1 Å². The molecule has 0 radical (unpaired) electrons. The van der Waals surface area contributed by atoms with Gasteiger partial charge in [-0.1, -0.05) is 12.1 Å². The molecule has 2 saturated heterocycles. The lowest BCUT2D eigenvalue weighted by atomic mass is 9.78. The van der Waals surface area contributed by atoms with E-state index in [1.807, 2.05) is 24.3 Å². The highest BCUT2D eigenvalue weighted by molar-refractivity contribution is 5.92. The molecule has 3 aliphatic rings. The van der Waals surface area contributed by atoms with E-state index < -0.39 is 11.7 Å². The van der Waals surface area contributed by atoms with Gasteiger partial charge in [0.05, 0.1) is 11.5 Å². The monoisotopic (exact) mass is 480 g/mol. The standard InChI is InChI=1S/C27H33FN4O3/c1-29-25(34)24-23(28)15-19(16-30-24)18-3-5-20(6-4-18)31-13-2-11-27(17-31)12-14-32(26(27)35)21-7-9-22(33)10-8-21/h3-6,15-16,21-22,33H,2,7-14,17H2,1H3,(H,29,34)/t21?,22?,27-/m0/s1. The minimum Gasteiger partial charge on any atom is -0.393 e. The Kier molecular flexibility index (Phi) is 6.49. The zero-order valence-corrected chi connectivity index (χ0v) is 20.2. The number of hydrogen-bond donors (Lipinski definition) is 2. The third-order valence-electron chi connectivity index (χ3n) is 8.08. The van der Waals surface area contributed by atoms with Crippen molar-refractivity contribution < 1.29 is 19.1 Å². The summed E-state index contributed by atoms with van der Waals surface area (Å²) in [6.45, 7) is 2.44. The quantitative estimate of drug-likeness (QED) is 0.701. The van der Waals surface area contributed by atoms with E-state index in [2.05, 4.69) is 20.1 Å². The van der Waals surface area contributed by atoms with E-state index in [-0.39, 0.29) is 29.2 Å². The number of halogens is 1. The van der Waals surface area contributed by atoms with E-state index in [1.54, 1.807) is 0 Å². The highest BCUT2D eigenvalue weighted by Gasteiger charge is 2.50. The van der Waals surface area contributed by atoms with Crippen LogP contribution in [0, 0.1) is 11.2 Å². The van der Waals surface area contributed by atoms with Crippen LogP contribution in [0.5, 0.6) is 0 Å². The maximum absolute atomic E-state index is 14.4. The number of amides is 2. The number of nitrogens with zero attached hydrogens (tertiary/aromatic N) is 3. The molecule has 35 heavy (non-hydrogen) atoms. The van der Waals surface area contributed by atoms with Gasteiger partial charge in [0.2, 0.25) is 5.91 Å². The Bertz CT molecular complexity index is 1100. The molecule has 1 aromatic carbocycles. The molecular weight excluding hydrogens is 447 g/mol. The fourth-order valence-corrected chi connectivity index (χ4v) is 6.04. The second kappa shape index (κ2) is 9.57. The number of anilines is 1. The van der Waals surface area contributed by atoms with Crippen LogP contribution < -0.4 is 10.2 Å². The number of piperidine rings is 1. The van der Waals surface area contributed by atoms with Crippen LogP contribution in [0.1, 0.15) is 55.4 Å². The van der Waals surface area contributed by atoms with Gasteiger partial charge < -0.3 is 20.2 Å². The minimum absolute atomic E-state index is 0.216. The van der Waals surface area contributed by atoms with Crippen molar-refractivity contribution in [2.45, 2.75) is 57.1 Å². The van der Waals surface area contributed by atoms with Crippen LogP contribution in [-0.2, 0) is 4.79 Å². The summed E-state index contributed by atoms with van der Waals surface area (Å²) in [5.74, 6) is -0.914. The van der Waals surface area contributed by atoms with Crippen LogP contribution in [0.15, 0.2) is 36.5 Å². The van der Waals surface area contributed by atoms with Crippen molar-refractivity contribution >= 4 is 17.5 Å². The summed E-state index contributed by atoms with van der Waals surface area (Å²) in [6.07, 6.45) is 7.45. The Morgan fingerprint density at radius 3 is 2.54 bits per heavy atom. The van der Waals surface area contributed by atoms with Crippen LogP contribution in [0.2, 0.25) is 0 Å². The van der Waals surface area contributed by atoms with E-state index >= 15 is 0 Å². The lowest BCUT2D eigenvalue weighted by molar-refractivity contribution is -0.139. The van der Waals surface area contributed by atoms with Crippen molar-refractivity contribution in [2.75, 3.05) is 31.6 Å². The number of aromatic nitrogens is 1. The van der Waals surface area contributed by atoms with Crippen molar-refractivity contribution in [1.82, 2.24) is 15.2 Å². The molecule has 3 fully saturated rings. The predicted molar refractivity (Wildman–Crippen MR) is 131 cm³/mol. The van der Waals surface area contributed by atoms with Crippen LogP contribution in [0.3, 0.4) is 0 Å². The normalized spacial score (nSPS) is 26.9. The van der Waals surface area contributed by atoms with Crippen LogP contribution in [0.4, 0.5) is 10.1 Å². The lowest BCUT2D eigenvalue weighted by Crippen LogP contribution is -2.50. The van der Waals surface area contributed by atoms with Gasteiger partial charge in [0.15, 0.2) is 11.5 Å². The topological polar surface area (TPSA) is 85.8 Å². The van der Waals surface area contributed by atoms with E-state index in [1.165, 1.54) is 19.3 Å². The first-order chi connectivity index (χ1) is 16.9. The number of hydrogen-bond acceptors (Lipinski definition) is 5. The minimum atomic E-state index is -0.652. The number of aliphatic hydroxyl groups excluding tert-OH is 1. The molecule has 2 aromatic rings. The van der Waals surface area contributed by atoms with E-state index in [9.17, 15) is 19.1 Å². The molecule has 0 unspecified atom stereocenters. The number of aliphatic hydroxyl groups is 1. The number of rotatable bonds is 4. The van der Waals surface area contributed by atoms with Gasteiger partial charge in [-0.3, -0.25) is 9.59 Å². The SMILES string of the molecule is CNC(=O)c1ncc(-c2ccc(N3CCC[C@]4(CCN(C5CCC(O)CC5)C4=O)C3)cc2)cc1F.